The fraction of sp³-hybridized carbons (Fsp3) is 0.286. The van der Waals surface area contributed by atoms with E-state index in [2.05, 4.69) is 10.5 Å². The van der Waals surface area contributed by atoms with Crippen LogP contribution in [0.5, 0.6) is 0 Å². The zero-order valence-electron chi connectivity index (χ0n) is 15.4. The first-order chi connectivity index (χ1) is 14.0. The molecule has 0 fully saturated rings. The summed E-state index contributed by atoms with van der Waals surface area (Å²) in [7, 11) is 0. The highest BCUT2D eigenvalue weighted by Crippen LogP contribution is 2.44. The predicted molar refractivity (Wildman–Crippen MR) is 107 cm³/mol. The maximum Gasteiger partial charge on any atom is 0.407 e. The number of rotatable bonds is 6. The number of aliphatic carboxylic acids is 1. The van der Waals surface area contributed by atoms with Crippen LogP contribution in [0.3, 0.4) is 0 Å². The van der Waals surface area contributed by atoms with E-state index >= 15 is 0 Å². The first kappa shape index (κ1) is 19.3. The van der Waals surface area contributed by atoms with Gasteiger partial charge in [0, 0.05) is 18.8 Å². The molecule has 1 heterocycles. The number of amides is 1. The second-order valence-corrected chi connectivity index (χ2v) is 7.43. The van der Waals surface area contributed by atoms with Crippen LogP contribution < -0.4 is 5.32 Å². The van der Waals surface area contributed by atoms with Crippen molar-refractivity contribution in [3.05, 3.63) is 59.7 Å². The number of alkyl carbamates (subject to hydrolysis) is 1. The highest BCUT2D eigenvalue weighted by Gasteiger charge is 2.31. The highest BCUT2D eigenvalue weighted by molar-refractivity contribution is 6.65. The van der Waals surface area contributed by atoms with Gasteiger partial charge in [-0.15, -0.1) is 0 Å². The normalized spacial score (nSPS) is 18.2. The average molecular weight is 415 g/mol. The smallest absolute Gasteiger partial charge is 0.407 e. The second-order valence-electron chi connectivity index (χ2n) is 7.00. The number of carboxylic acid groups (broad SMARTS) is 1. The van der Waals surface area contributed by atoms with E-state index in [-0.39, 0.29) is 24.1 Å². The van der Waals surface area contributed by atoms with Crippen molar-refractivity contribution in [1.82, 2.24) is 5.32 Å². The quantitative estimate of drug-likeness (QED) is 0.751. The summed E-state index contributed by atoms with van der Waals surface area (Å²) < 4.78 is 5.40. The minimum absolute atomic E-state index is 0.0409. The SMILES string of the molecule is O=C(N[C@@H](C[C@H]1CC(Cl)=NO1)C(=O)O)OCC1c2ccccc2-c2ccccc21. The standard InChI is InChI=1S/C21H19ClN2O5/c22-19-10-12(29-24-19)9-18(20(25)26)23-21(27)28-11-17-15-7-3-1-5-13(15)14-6-2-4-8-16(14)17/h1-8,12,17-18H,9-11H2,(H,23,27)(H,25,26)/t12-,18-/m0/s1. The van der Waals surface area contributed by atoms with E-state index in [0.717, 1.165) is 22.3 Å². The lowest BCUT2D eigenvalue weighted by Crippen LogP contribution is -2.43. The summed E-state index contributed by atoms with van der Waals surface area (Å²) in [5, 5.41) is 15.7. The lowest BCUT2D eigenvalue weighted by atomic mass is 9.98. The Morgan fingerprint density at radius 1 is 1.17 bits per heavy atom. The van der Waals surface area contributed by atoms with Crippen molar-refractivity contribution in [3.8, 4) is 11.1 Å². The van der Waals surface area contributed by atoms with Gasteiger partial charge in [0.1, 0.15) is 23.9 Å². The number of carboxylic acids is 1. The summed E-state index contributed by atoms with van der Waals surface area (Å²) in [6, 6.07) is 14.8. The van der Waals surface area contributed by atoms with Crippen LogP contribution in [0.2, 0.25) is 0 Å². The Hall–Kier alpha value is -3.06. The molecular formula is C21H19ClN2O5. The molecule has 0 aromatic heterocycles. The van der Waals surface area contributed by atoms with E-state index in [1.807, 2.05) is 48.5 Å². The zero-order valence-corrected chi connectivity index (χ0v) is 16.1. The second kappa shape index (κ2) is 8.13. The van der Waals surface area contributed by atoms with E-state index in [1.165, 1.54) is 0 Å². The van der Waals surface area contributed by atoms with Crippen molar-refractivity contribution in [3.63, 3.8) is 0 Å². The van der Waals surface area contributed by atoms with Crippen LogP contribution in [0.15, 0.2) is 53.7 Å². The number of oxime groups is 1. The molecule has 2 aliphatic rings. The molecule has 7 nitrogen and oxygen atoms in total. The Morgan fingerprint density at radius 2 is 1.79 bits per heavy atom. The van der Waals surface area contributed by atoms with Crippen molar-refractivity contribution >= 4 is 28.8 Å². The maximum atomic E-state index is 12.3. The molecule has 29 heavy (non-hydrogen) atoms. The molecule has 1 amide bonds. The van der Waals surface area contributed by atoms with Gasteiger partial charge in [0.05, 0.1) is 0 Å². The van der Waals surface area contributed by atoms with E-state index in [0.29, 0.717) is 6.42 Å². The summed E-state index contributed by atoms with van der Waals surface area (Å²) in [6.45, 7) is 0.112. The summed E-state index contributed by atoms with van der Waals surface area (Å²) in [5.74, 6) is -1.27. The van der Waals surface area contributed by atoms with Gasteiger partial charge in [-0.05, 0) is 22.3 Å². The third-order valence-corrected chi connectivity index (χ3v) is 5.35. The van der Waals surface area contributed by atoms with Gasteiger partial charge >= 0.3 is 12.1 Å². The van der Waals surface area contributed by atoms with E-state index < -0.39 is 24.2 Å². The topological polar surface area (TPSA) is 97.2 Å². The van der Waals surface area contributed by atoms with Crippen molar-refractivity contribution in [1.29, 1.82) is 0 Å². The van der Waals surface area contributed by atoms with Crippen molar-refractivity contribution in [2.75, 3.05) is 6.61 Å². The molecule has 1 aliphatic heterocycles. The third kappa shape index (κ3) is 4.05. The number of hydrogen-bond donors (Lipinski definition) is 2. The molecule has 0 radical (unpaired) electrons. The minimum atomic E-state index is -1.18. The zero-order chi connectivity index (χ0) is 20.4. The Balaban J connectivity index is 1.39. The lowest BCUT2D eigenvalue weighted by Gasteiger charge is -2.18. The summed E-state index contributed by atoms with van der Waals surface area (Å²) in [6.07, 6.45) is -0.918. The Morgan fingerprint density at radius 3 is 2.34 bits per heavy atom. The van der Waals surface area contributed by atoms with Crippen LogP contribution in [0.1, 0.15) is 29.9 Å². The molecular weight excluding hydrogens is 396 g/mol. The summed E-state index contributed by atoms with van der Waals surface area (Å²) >= 11 is 5.75. The Labute approximate surface area is 172 Å². The highest BCUT2D eigenvalue weighted by atomic mass is 35.5. The molecule has 4 rings (SSSR count). The first-order valence-corrected chi connectivity index (χ1v) is 9.63. The van der Waals surface area contributed by atoms with Gasteiger partial charge in [-0.25, -0.2) is 9.59 Å². The van der Waals surface area contributed by atoms with Crippen molar-refractivity contribution < 1.29 is 24.3 Å². The number of nitrogens with zero attached hydrogens (tertiary/aromatic N) is 1. The first-order valence-electron chi connectivity index (χ1n) is 9.25. The molecule has 1 aliphatic carbocycles. The molecule has 0 saturated heterocycles. The maximum absolute atomic E-state index is 12.3. The van der Waals surface area contributed by atoms with Gasteiger partial charge in [-0.1, -0.05) is 65.3 Å². The molecule has 2 aromatic rings. The number of benzene rings is 2. The average Bonchev–Trinajstić information content (AvgIpc) is 3.27. The largest absolute Gasteiger partial charge is 0.480 e. The van der Waals surface area contributed by atoms with Crippen LogP contribution >= 0.6 is 11.6 Å². The summed E-state index contributed by atoms with van der Waals surface area (Å²) in [5.41, 5.74) is 4.41. The molecule has 0 bridgehead atoms. The van der Waals surface area contributed by atoms with Crippen LogP contribution in [-0.2, 0) is 14.4 Å². The third-order valence-electron chi connectivity index (χ3n) is 5.13. The molecule has 2 N–H and O–H groups in total. The molecule has 0 spiro atoms. The molecule has 2 aromatic carbocycles. The molecule has 8 heteroatoms. The molecule has 0 saturated carbocycles. The fourth-order valence-corrected chi connectivity index (χ4v) is 4.00. The van der Waals surface area contributed by atoms with Gasteiger partial charge < -0.3 is 20.0 Å². The fourth-order valence-electron chi connectivity index (χ4n) is 3.79. The number of hydrogen-bond acceptors (Lipinski definition) is 5. The predicted octanol–water partition coefficient (Wildman–Crippen LogP) is 3.71. The van der Waals surface area contributed by atoms with Crippen LogP contribution in [0, 0.1) is 0 Å². The van der Waals surface area contributed by atoms with Gasteiger partial charge in [-0.2, -0.15) is 0 Å². The number of carbonyl (C=O) groups is 2. The number of halogens is 1. The molecule has 150 valence electrons. The van der Waals surface area contributed by atoms with E-state index in [9.17, 15) is 14.7 Å². The number of ether oxygens (including phenoxy) is 1. The van der Waals surface area contributed by atoms with Gasteiger partial charge in [0.2, 0.25) is 0 Å². The van der Waals surface area contributed by atoms with Crippen molar-refractivity contribution in [2.45, 2.75) is 30.9 Å². The molecule has 0 unspecified atom stereocenters. The van der Waals surface area contributed by atoms with Crippen LogP contribution in [0.4, 0.5) is 4.79 Å². The van der Waals surface area contributed by atoms with E-state index in [1.54, 1.807) is 0 Å². The van der Waals surface area contributed by atoms with Gasteiger partial charge in [0.25, 0.3) is 0 Å². The van der Waals surface area contributed by atoms with Crippen molar-refractivity contribution in [2.24, 2.45) is 5.16 Å². The Bertz CT molecular complexity index is 932. The number of carbonyl (C=O) groups excluding carboxylic acids is 1. The van der Waals surface area contributed by atoms with Crippen LogP contribution in [0.25, 0.3) is 11.1 Å². The van der Waals surface area contributed by atoms with Crippen LogP contribution in [-0.4, -0.2) is 41.1 Å². The number of fused-ring (bicyclic) bond motifs is 3. The monoisotopic (exact) mass is 414 g/mol. The van der Waals surface area contributed by atoms with Gasteiger partial charge in [0.15, 0.2) is 0 Å². The van der Waals surface area contributed by atoms with E-state index in [4.69, 9.17) is 21.2 Å². The van der Waals surface area contributed by atoms with Gasteiger partial charge in [-0.3, -0.25) is 0 Å². The number of nitrogens with one attached hydrogen (secondary N) is 1. The summed E-state index contributed by atoms with van der Waals surface area (Å²) in [4.78, 5) is 28.8. The lowest BCUT2D eigenvalue weighted by molar-refractivity contribution is -0.140. The minimum Gasteiger partial charge on any atom is -0.480 e. The Kier molecular flexibility index (Phi) is 5.40. The molecule has 2 atom stereocenters.